The van der Waals surface area contributed by atoms with E-state index >= 15 is 0 Å². The van der Waals surface area contributed by atoms with Gasteiger partial charge in [-0.3, -0.25) is 0 Å². The Hall–Kier alpha value is -2.28. The third-order valence-corrected chi connectivity index (χ3v) is 2.27. The average molecular weight is 368 g/mol. The topological polar surface area (TPSA) is 186 Å². The van der Waals surface area contributed by atoms with E-state index in [1.807, 2.05) is 0 Å². The molecule has 0 aromatic heterocycles. The van der Waals surface area contributed by atoms with Crippen molar-refractivity contribution in [1.29, 1.82) is 0 Å². The van der Waals surface area contributed by atoms with Gasteiger partial charge in [0.15, 0.2) is 0 Å². The summed E-state index contributed by atoms with van der Waals surface area (Å²) in [5.74, 6) is -6.24. The summed E-state index contributed by atoms with van der Waals surface area (Å²) in [7, 11) is 0. The second-order valence-corrected chi connectivity index (χ2v) is 4.89. The highest BCUT2D eigenvalue weighted by atomic mass is 17.0. The summed E-state index contributed by atoms with van der Waals surface area (Å²) in [6.45, 7) is 3.71. The Balaban J connectivity index is 5.89. The van der Waals surface area contributed by atoms with Crippen LogP contribution in [0.4, 0.5) is 0 Å². The molecule has 0 radical (unpaired) electrons. The van der Waals surface area contributed by atoms with Crippen molar-refractivity contribution in [3.05, 3.63) is 0 Å². The predicted octanol–water partition coefficient (Wildman–Crippen LogP) is -2.71. The smallest absolute Gasteiger partial charge is 0.382 e. The van der Waals surface area contributed by atoms with E-state index in [1.165, 1.54) is 0 Å². The van der Waals surface area contributed by atoms with Gasteiger partial charge in [-0.05, 0) is 27.7 Å². The molecule has 25 heavy (non-hydrogen) atoms. The molecule has 0 aliphatic rings. The summed E-state index contributed by atoms with van der Waals surface area (Å²) in [5, 5.41) is 36.7. The number of rotatable bonds is 8. The number of aliphatic hydroxyl groups excluding tert-OH is 4. The Kier molecular flexibility index (Phi) is 8.42. The van der Waals surface area contributed by atoms with Crippen molar-refractivity contribution in [3.8, 4) is 0 Å². The summed E-state index contributed by atoms with van der Waals surface area (Å²) in [5.41, 5.74) is 0. The Morgan fingerprint density at radius 3 is 0.840 bits per heavy atom. The third-order valence-electron chi connectivity index (χ3n) is 2.27. The minimum atomic E-state index is -3.52. The maximum Gasteiger partial charge on any atom is 0.620 e. The lowest BCUT2D eigenvalue weighted by Gasteiger charge is -2.30. The molecule has 0 saturated carbocycles. The van der Waals surface area contributed by atoms with Gasteiger partial charge in [0.05, 0.1) is 0 Å². The number of ether oxygens (including phenoxy) is 4. The summed E-state index contributed by atoms with van der Waals surface area (Å²) in [6, 6.07) is 0. The van der Waals surface area contributed by atoms with E-state index in [9.17, 15) is 39.6 Å². The molecule has 0 spiro atoms. The van der Waals surface area contributed by atoms with Crippen molar-refractivity contribution >= 4 is 23.9 Å². The van der Waals surface area contributed by atoms with Crippen LogP contribution in [0.1, 0.15) is 27.7 Å². The van der Waals surface area contributed by atoms with Crippen molar-refractivity contribution in [2.24, 2.45) is 0 Å². The lowest BCUT2D eigenvalue weighted by molar-refractivity contribution is -0.436. The number of carbonyl (C=O) groups is 4. The van der Waals surface area contributed by atoms with E-state index in [0.29, 0.717) is 0 Å². The Bertz CT molecular complexity index is 414. The molecule has 12 heteroatoms. The fourth-order valence-corrected chi connectivity index (χ4v) is 0.959. The van der Waals surface area contributed by atoms with Crippen LogP contribution in [0, 0.1) is 0 Å². The Morgan fingerprint density at radius 2 is 0.720 bits per heavy atom. The fraction of sp³-hybridized carbons (Fsp3) is 0.692. The minimum Gasteiger partial charge on any atom is -0.382 e. The molecule has 0 aromatic rings. The summed E-state index contributed by atoms with van der Waals surface area (Å²) < 4.78 is 17.6. The molecule has 0 amide bonds. The Labute approximate surface area is 141 Å². The van der Waals surface area contributed by atoms with Crippen LogP contribution >= 0.6 is 0 Å². The van der Waals surface area contributed by atoms with Crippen LogP contribution in [0.5, 0.6) is 0 Å². The van der Waals surface area contributed by atoms with Gasteiger partial charge in [-0.15, -0.1) is 0 Å². The van der Waals surface area contributed by atoms with Gasteiger partial charge in [0.1, 0.15) is 24.4 Å². The maximum absolute atomic E-state index is 11.6. The normalized spacial score (nSPS) is 16.0. The van der Waals surface area contributed by atoms with Crippen molar-refractivity contribution in [1.82, 2.24) is 0 Å². The molecule has 0 aliphatic carbocycles. The number of hydrogen-bond acceptors (Lipinski definition) is 12. The minimum absolute atomic E-state index is 0.927. The highest BCUT2D eigenvalue weighted by molar-refractivity contribution is 5.79. The van der Waals surface area contributed by atoms with Gasteiger partial charge in [-0.25, -0.2) is 19.2 Å². The monoisotopic (exact) mass is 368 g/mol. The summed E-state index contributed by atoms with van der Waals surface area (Å²) >= 11 is 0. The molecule has 0 rings (SSSR count). The van der Waals surface area contributed by atoms with Crippen LogP contribution < -0.4 is 0 Å². The second-order valence-electron chi connectivity index (χ2n) is 4.89. The van der Waals surface area contributed by atoms with Gasteiger partial charge in [0.2, 0.25) is 0 Å². The first-order valence-electron chi connectivity index (χ1n) is 6.95. The molecule has 0 fully saturated rings. The molecule has 0 unspecified atom stereocenters. The van der Waals surface area contributed by atoms with Crippen molar-refractivity contribution in [2.75, 3.05) is 0 Å². The molecular formula is C13H20O12. The number of esters is 4. The van der Waals surface area contributed by atoms with Crippen LogP contribution in [-0.2, 0) is 38.1 Å². The maximum atomic E-state index is 11.6. The molecule has 4 atom stereocenters. The zero-order valence-electron chi connectivity index (χ0n) is 13.9. The van der Waals surface area contributed by atoms with Crippen LogP contribution in [0.2, 0.25) is 0 Å². The summed E-state index contributed by atoms with van der Waals surface area (Å²) in [6.07, 6.45) is -10.9. The molecule has 4 N–H and O–H groups in total. The van der Waals surface area contributed by atoms with Gasteiger partial charge in [0.25, 0.3) is 0 Å². The molecule has 0 aromatic carbocycles. The first-order chi connectivity index (χ1) is 11.3. The van der Waals surface area contributed by atoms with Gasteiger partial charge in [-0.2, -0.15) is 0 Å². The van der Waals surface area contributed by atoms with Gasteiger partial charge >= 0.3 is 30.0 Å². The van der Waals surface area contributed by atoms with E-state index in [0.717, 1.165) is 27.7 Å². The quantitative estimate of drug-likeness (QED) is 0.257. The number of aliphatic hydroxyl groups is 4. The number of carbonyl (C=O) groups excluding carboxylic acids is 4. The number of hydrogen-bond donors (Lipinski definition) is 4. The standard InChI is InChI=1S/C13H20O12/c1-5(14)9(18)22-13(23-10(19)6(2)15,24-11(20)7(3)16)25-12(21)8(4)17/h5-8,14-17H,1-4H3/t5-,6-,7-,8-/m1/s1. The van der Waals surface area contributed by atoms with Gasteiger partial charge in [-0.1, -0.05) is 0 Å². The molecule has 0 heterocycles. The SMILES string of the molecule is C[C@@H](O)C(=O)OC(OC(=O)[C@@H](C)O)(OC(=O)[C@@H](C)O)OC(=O)[C@@H](C)O. The predicted molar refractivity (Wildman–Crippen MR) is 73.8 cm³/mol. The largest absolute Gasteiger partial charge is 0.620 e. The average Bonchev–Trinajstić information content (AvgIpc) is 2.46. The van der Waals surface area contributed by atoms with Crippen LogP contribution in [-0.4, -0.2) is 74.9 Å². The molecule has 0 bridgehead atoms. The van der Waals surface area contributed by atoms with Crippen molar-refractivity contribution in [3.63, 3.8) is 0 Å². The van der Waals surface area contributed by atoms with Gasteiger partial charge in [0, 0.05) is 0 Å². The second kappa shape index (κ2) is 9.27. The zero-order valence-corrected chi connectivity index (χ0v) is 13.9. The van der Waals surface area contributed by atoms with E-state index < -0.39 is 54.5 Å². The van der Waals surface area contributed by atoms with Gasteiger partial charge < -0.3 is 39.4 Å². The molecular weight excluding hydrogens is 348 g/mol. The highest BCUT2D eigenvalue weighted by Gasteiger charge is 2.52. The van der Waals surface area contributed by atoms with E-state index in [2.05, 4.69) is 18.9 Å². The first-order valence-corrected chi connectivity index (χ1v) is 6.95. The highest BCUT2D eigenvalue weighted by Crippen LogP contribution is 2.22. The van der Waals surface area contributed by atoms with E-state index in [1.54, 1.807) is 0 Å². The summed E-state index contributed by atoms with van der Waals surface area (Å²) in [4.78, 5) is 46.3. The third kappa shape index (κ3) is 7.43. The first kappa shape index (κ1) is 22.7. The molecule has 12 nitrogen and oxygen atoms in total. The van der Waals surface area contributed by atoms with E-state index in [-0.39, 0.29) is 0 Å². The van der Waals surface area contributed by atoms with E-state index in [4.69, 9.17) is 0 Å². The lowest BCUT2D eigenvalue weighted by atomic mass is 10.4. The Morgan fingerprint density at radius 1 is 0.560 bits per heavy atom. The van der Waals surface area contributed by atoms with Crippen molar-refractivity contribution < 1.29 is 58.6 Å². The van der Waals surface area contributed by atoms with Crippen LogP contribution in [0.25, 0.3) is 0 Å². The molecule has 0 saturated heterocycles. The lowest BCUT2D eigenvalue weighted by Crippen LogP contribution is -2.52. The molecule has 0 aliphatic heterocycles. The van der Waals surface area contributed by atoms with Crippen molar-refractivity contribution in [2.45, 2.75) is 58.3 Å². The van der Waals surface area contributed by atoms with Crippen LogP contribution in [0.3, 0.4) is 0 Å². The zero-order chi connectivity index (χ0) is 19.9. The van der Waals surface area contributed by atoms with Crippen LogP contribution in [0.15, 0.2) is 0 Å². The fourth-order valence-electron chi connectivity index (χ4n) is 0.959. The molecule has 144 valence electrons.